The van der Waals surface area contributed by atoms with Crippen LogP contribution in [0.5, 0.6) is 5.75 Å². The summed E-state index contributed by atoms with van der Waals surface area (Å²) in [5, 5.41) is 0. The van der Waals surface area contributed by atoms with Crippen molar-refractivity contribution in [1.82, 2.24) is 9.21 Å². The van der Waals surface area contributed by atoms with Gasteiger partial charge in [0, 0.05) is 44.9 Å². The van der Waals surface area contributed by atoms with Gasteiger partial charge in [0.1, 0.15) is 16.5 Å². The number of amides is 1. The maximum absolute atomic E-state index is 14.3. The summed E-state index contributed by atoms with van der Waals surface area (Å²) in [6.45, 7) is 1.23. The van der Waals surface area contributed by atoms with Crippen molar-refractivity contribution in [2.24, 2.45) is 0 Å². The normalized spacial score (nSPS) is 16.5. The van der Waals surface area contributed by atoms with Crippen molar-refractivity contribution < 1.29 is 27.1 Å². The maximum atomic E-state index is 14.3. The Kier molecular flexibility index (Phi) is 7.30. The van der Waals surface area contributed by atoms with Crippen molar-refractivity contribution >= 4 is 15.9 Å². The number of sulfonamides is 1. The summed E-state index contributed by atoms with van der Waals surface area (Å²) in [6.07, 6.45) is 1.65. The molecule has 1 aliphatic rings. The Morgan fingerprint density at radius 3 is 2.61 bits per heavy atom. The number of hydrogen-bond acceptors (Lipinski definition) is 5. The van der Waals surface area contributed by atoms with Crippen LogP contribution in [0.15, 0.2) is 47.4 Å². The molecule has 1 unspecified atom stereocenters. The zero-order valence-electron chi connectivity index (χ0n) is 17.9. The van der Waals surface area contributed by atoms with Crippen molar-refractivity contribution in [3.05, 3.63) is 59.4 Å². The Balaban J connectivity index is 1.96. The van der Waals surface area contributed by atoms with Gasteiger partial charge in [-0.05, 0) is 37.1 Å². The summed E-state index contributed by atoms with van der Waals surface area (Å²) in [5.41, 5.74) is 0.898. The number of ether oxygens (including phenoxy) is 2. The van der Waals surface area contributed by atoms with Crippen LogP contribution in [0.3, 0.4) is 0 Å². The van der Waals surface area contributed by atoms with E-state index in [1.54, 1.807) is 12.0 Å². The lowest BCUT2D eigenvalue weighted by molar-refractivity contribution is 0.0505. The zero-order valence-corrected chi connectivity index (χ0v) is 18.7. The molecule has 1 amide bonds. The number of benzene rings is 2. The Morgan fingerprint density at radius 2 is 1.97 bits per heavy atom. The Hall–Kier alpha value is -2.49. The van der Waals surface area contributed by atoms with E-state index in [0.29, 0.717) is 18.9 Å². The van der Waals surface area contributed by atoms with E-state index in [-0.39, 0.29) is 18.2 Å². The van der Waals surface area contributed by atoms with Gasteiger partial charge in [0.25, 0.3) is 5.91 Å². The van der Waals surface area contributed by atoms with Gasteiger partial charge >= 0.3 is 0 Å². The molecule has 0 radical (unpaired) electrons. The van der Waals surface area contributed by atoms with E-state index in [1.807, 2.05) is 24.3 Å². The number of methoxy groups -OCH3 is 1. The monoisotopic (exact) mass is 450 g/mol. The first-order chi connectivity index (χ1) is 14.7. The van der Waals surface area contributed by atoms with Gasteiger partial charge in [-0.1, -0.05) is 18.2 Å². The van der Waals surface area contributed by atoms with Crippen molar-refractivity contribution in [3.8, 4) is 5.75 Å². The SMILES string of the molecule is COc1ccccc1CN(CC1CCCO1)C(=O)c1ccc(F)c(S(=O)(=O)N(C)C)c1. The van der Waals surface area contributed by atoms with E-state index in [1.165, 1.54) is 20.2 Å². The van der Waals surface area contributed by atoms with Crippen molar-refractivity contribution in [1.29, 1.82) is 0 Å². The molecule has 2 aromatic carbocycles. The van der Waals surface area contributed by atoms with Crippen LogP contribution in [0, 0.1) is 5.82 Å². The van der Waals surface area contributed by atoms with Crippen LogP contribution in [0.4, 0.5) is 4.39 Å². The van der Waals surface area contributed by atoms with Gasteiger partial charge in [0.15, 0.2) is 0 Å². The maximum Gasteiger partial charge on any atom is 0.254 e. The van der Waals surface area contributed by atoms with Gasteiger partial charge in [0.2, 0.25) is 10.0 Å². The van der Waals surface area contributed by atoms with Crippen molar-refractivity contribution in [2.45, 2.75) is 30.4 Å². The fourth-order valence-corrected chi connectivity index (χ4v) is 4.49. The molecule has 168 valence electrons. The number of para-hydroxylation sites is 1. The lowest BCUT2D eigenvalue weighted by Crippen LogP contribution is -2.37. The molecule has 0 N–H and O–H groups in total. The average Bonchev–Trinajstić information content (AvgIpc) is 3.26. The lowest BCUT2D eigenvalue weighted by atomic mass is 10.1. The fourth-order valence-electron chi connectivity index (χ4n) is 3.51. The molecule has 0 spiro atoms. The fraction of sp³-hybridized carbons (Fsp3) is 0.409. The van der Waals surface area contributed by atoms with E-state index >= 15 is 0 Å². The summed E-state index contributed by atoms with van der Waals surface area (Å²) in [4.78, 5) is 14.5. The third-order valence-electron chi connectivity index (χ3n) is 5.23. The second-order valence-electron chi connectivity index (χ2n) is 7.57. The zero-order chi connectivity index (χ0) is 22.6. The van der Waals surface area contributed by atoms with Crippen LogP contribution in [0.1, 0.15) is 28.8 Å². The predicted octanol–water partition coefficient (Wildman–Crippen LogP) is 2.91. The highest BCUT2D eigenvalue weighted by atomic mass is 32.2. The number of hydrogen-bond donors (Lipinski definition) is 0. The molecular weight excluding hydrogens is 423 g/mol. The quantitative estimate of drug-likeness (QED) is 0.618. The molecule has 2 aromatic rings. The molecule has 9 heteroatoms. The van der Waals surface area contributed by atoms with E-state index in [0.717, 1.165) is 34.8 Å². The second kappa shape index (κ2) is 9.76. The minimum atomic E-state index is -4.04. The standard InChI is InChI=1S/C22H27FN2O5S/c1-24(2)31(27,28)21-13-16(10-11-19(21)23)22(26)25(15-18-8-6-12-30-18)14-17-7-4-5-9-20(17)29-3/h4-5,7,9-11,13,18H,6,8,12,14-15H2,1-3H3. The molecule has 0 aromatic heterocycles. The van der Waals surface area contributed by atoms with Crippen molar-refractivity contribution in [2.75, 3.05) is 34.4 Å². The summed E-state index contributed by atoms with van der Waals surface area (Å²) < 4.78 is 51.3. The third kappa shape index (κ3) is 5.23. The van der Waals surface area contributed by atoms with E-state index in [2.05, 4.69) is 0 Å². The summed E-state index contributed by atoms with van der Waals surface area (Å²) >= 11 is 0. The molecule has 1 aliphatic heterocycles. The van der Waals surface area contributed by atoms with Crippen LogP contribution >= 0.6 is 0 Å². The van der Waals surface area contributed by atoms with E-state index < -0.39 is 26.6 Å². The van der Waals surface area contributed by atoms with Gasteiger partial charge < -0.3 is 14.4 Å². The summed E-state index contributed by atoms with van der Waals surface area (Å²) in [6, 6.07) is 10.8. The predicted molar refractivity (Wildman–Crippen MR) is 114 cm³/mol. The molecule has 3 rings (SSSR count). The van der Waals surface area contributed by atoms with Crippen LogP contribution in [-0.4, -0.2) is 64.0 Å². The van der Waals surface area contributed by atoms with Gasteiger partial charge in [0.05, 0.1) is 13.2 Å². The smallest absolute Gasteiger partial charge is 0.254 e. The minimum absolute atomic E-state index is 0.0923. The highest BCUT2D eigenvalue weighted by Gasteiger charge is 2.27. The molecular formula is C22H27FN2O5S. The summed E-state index contributed by atoms with van der Waals surface area (Å²) in [5.74, 6) is -0.667. The first-order valence-electron chi connectivity index (χ1n) is 9.99. The Labute approximate surface area is 182 Å². The van der Waals surface area contributed by atoms with Crippen LogP contribution in [-0.2, 0) is 21.3 Å². The number of halogens is 1. The second-order valence-corrected chi connectivity index (χ2v) is 9.69. The van der Waals surface area contributed by atoms with E-state index in [9.17, 15) is 17.6 Å². The molecule has 1 atom stereocenters. The molecule has 1 heterocycles. The Bertz CT molecular complexity index is 1040. The Morgan fingerprint density at radius 1 is 1.23 bits per heavy atom. The van der Waals surface area contributed by atoms with Crippen molar-refractivity contribution in [3.63, 3.8) is 0 Å². The van der Waals surface area contributed by atoms with Gasteiger partial charge in [-0.3, -0.25) is 4.79 Å². The number of carbonyl (C=O) groups is 1. The molecule has 7 nitrogen and oxygen atoms in total. The minimum Gasteiger partial charge on any atom is -0.496 e. The third-order valence-corrected chi connectivity index (χ3v) is 7.06. The number of rotatable bonds is 8. The van der Waals surface area contributed by atoms with E-state index in [4.69, 9.17) is 9.47 Å². The van der Waals surface area contributed by atoms with Crippen LogP contribution in [0.25, 0.3) is 0 Å². The van der Waals surface area contributed by atoms with Gasteiger partial charge in [-0.2, -0.15) is 0 Å². The topological polar surface area (TPSA) is 76.1 Å². The molecule has 0 aliphatic carbocycles. The average molecular weight is 451 g/mol. The number of carbonyl (C=O) groups excluding carboxylic acids is 1. The molecule has 1 saturated heterocycles. The first kappa shape index (κ1) is 23.2. The molecule has 0 bridgehead atoms. The van der Waals surface area contributed by atoms with Gasteiger partial charge in [-0.25, -0.2) is 17.1 Å². The summed E-state index contributed by atoms with van der Waals surface area (Å²) in [7, 11) is 0.149. The molecule has 31 heavy (non-hydrogen) atoms. The number of nitrogens with zero attached hydrogens (tertiary/aromatic N) is 2. The highest BCUT2D eigenvalue weighted by Crippen LogP contribution is 2.24. The molecule has 1 fully saturated rings. The lowest BCUT2D eigenvalue weighted by Gasteiger charge is -2.26. The first-order valence-corrected chi connectivity index (χ1v) is 11.4. The largest absolute Gasteiger partial charge is 0.496 e. The van der Waals surface area contributed by atoms with Gasteiger partial charge in [-0.15, -0.1) is 0 Å². The molecule has 0 saturated carbocycles. The highest BCUT2D eigenvalue weighted by molar-refractivity contribution is 7.89. The van der Waals surface area contributed by atoms with Crippen LogP contribution in [0.2, 0.25) is 0 Å². The van der Waals surface area contributed by atoms with Crippen LogP contribution < -0.4 is 4.74 Å².